The second-order valence-electron chi connectivity index (χ2n) is 7.27. The summed E-state index contributed by atoms with van der Waals surface area (Å²) in [5, 5.41) is 0.932. The maximum absolute atomic E-state index is 13.6. The van der Waals surface area contributed by atoms with E-state index in [9.17, 15) is 9.59 Å². The van der Waals surface area contributed by atoms with Gasteiger partial charge in [-0.15, -0.1) is 11.3 Å². The molecule has 0 aliphatic carbocycles. The SMILES string of the molecule is COc1ccccc1C1c2c(oc3ccc(Br)cc3c2=O)C(=O)N1c1nc(C)c(C)s1. The van der Waals surface area contributed by atoms with E-state index in [0.717, 1.165) is 15.0 Å². The maximum atomic E-state index is 13.6. The van der Waals surface area contributed by atoms with Gasteiger partial charge < -0.3 is 9.15 Å². The predicted octanol–water partition coefficient (Wildman–Crippen LogP) is 5.39. The van der Waals surface area contributed by atoms with E-state index < -0.39 is 6.04 Å². The second-order valence-corrected chi connectivity index (χ2v) is 9.37. The van der Waals surface area contributed by atoms with Crippen LogP contribution in [0, 0.1) is 13.8 Å². The number of carbonyl (C=O) groups excluding carboxylic acids is 1. The maximum Gasteiger partial charge on any atom is 0.297 e. The number of nitrogens with zero attached hydrogens (tertiary/aromatic N) is 2. The Bertz CT molecular complexity index is 1410. The third-order valence-electron chi connectivity index (χ3n) is 5.49. The van der Waals surface area contributed by atoms with Crippen molar-refractivity contribution in [2.75, 3.05) is 12.0 Å². The average Bonchev–Trinajstić information content (AvgIpc) is 3.24. The molecule has 31 heavy (non-hydrogen) atoms. The van der Waals surface area contributed by atoms with Crippen LogP contribution in [-0.4, -0.2) is 18.0 Å². The van der Waals surface area contributed by atoms with Gasteiger partial charge in [0.2, 0.25) is 5.76 Å². The minimum absolute atomic E-state index is 0.0428. The van der Waals surface area contributed by atoms with E-state index in [1.165, 1.54) is 11.3 Å². The van der Waals surface area contributed by atoms with Crippen molar-refractivity contribution >= 4 is 49.3 Å². The number of anilines is 1. The highest BCUT2D eigenvalue weighted by atomic mass is 79.9. The summed E-state index contributed by atoms with van der Waals surface area (Å²) < 4.78 is 12.3. The lowest BCUT2D eigenvalue weighted by Crippen LogP contribution is -2.29. The van der Waals surface area contributed by atoms with Gasteiger partial charge in [-0.1, -0.05) is 34.1 Å². The van der Waals surface area contributed by atoms with E-state index >= 15 is 0 Å². The summed E-state index contributed by atoms with van der Waals surface area (Å²) in [5.41, 5.74) is 1.97. The van der Waals surface area contributed by atoms with Gasteiger partial charge in [-0.2, -0.15) is 0 Å². The van der Waals surface area contributed by atoms with E-state index in [4.69, 9.17) is 9.15 Å². The summed E-state index contributed by atoms with van der Waals surface area (Å²) in [5.74, 6) is 0.236. The quantitative estimate of drug-likeness (QED) is 0.380. The first-order chi connectivity index (χ1) is 14.9. The number of aryl methyl sites for hydroxylation is 2. The Labute approximate surface area is 190 Å². The lowest BCUT2D eigenvalue weighted by molar-refractivity contribution is 0.0971. The minimum Gasteiger partial charge on any atom is -0.496 e. The van der Waals surface area contributed by atoms with E-state index in [1.807, 2.05) is 38.1 Å². The molecule has 0 spiro atoms. The van der Waals surface area contributed by atoms with Crippen LogP contribution in [0.1, 0.15) is 38.3 Å². The number of hydrogen-bond acceptors (Lipinski definition) is 6. The third-order valence-corrected chi connectivity index (χ3v) is 7.05. The van der Waals surface area contributed by atoms with Crippen LogP contribution in [0.3, 0.4) is 0 Å². The number of aromatic nitrogens is 1. The highest BCUT2D eigenvalue weighted by Gasteiger charge is 2.46. The molecule has 1 unspecified atom stereocenters. The number of hydrogen-bond donors (Lipinski definition) is 0. The number of carbonyl (C=O) groups is 1. The van der Waals surface area contributed by atoms with Gasteiger partial charge in [-0.3, -0.25) is 14.5 Å². The van der Waals surface area contributed by atoms with Crippen molar-refractivity contribution in [1.29, 1.82) is 0 Å². The van der Waals surface area contributed by atoms with Crippen LogP contribution in [0.5, 0.6) is 5.75 Å². The van der Waals surface area contributed by atoms with Crippen molar-refractivity contribution in [3.05, 3.63) is 84.6 Å². The average molecular weight is 497 g/mol. The largest absolute Gasteiger partial charge is 0.496 e. The summed E-state index contributed by atoms with van der Waals surface area (Å²) >= 11 is 4.83. The van der Waals surface area contributed by atoms with Crippen molar-refractivity contribution in [2.45, 2.75) is 19.9 Å². The summed E-state index contributed by atoms with van der Waals surface area (Å²) in [6, 6.07) is 11.9. The van der Waals surface area contributed by atoms with Gasteiger partial charge >= 0.3 is 0 Å². The first-order valence-corrected chi connectivity index (χ1v) is 11.2. The van der Waals surface area contributed by atoms with Crippen molar-refractivity contribution < 1.29 is 13.9 Å². The Balaban J connectivity index is 1.85. The molecule has 1 aliphatic heterocycles. The van der Waals surface area contributed by atoms with Crippen LogP contribution in [0.2, 0.25) is 0 Å². The Morgan fingerprint density at radius 1 is 1.16 bits per heavy atom. The molecule has 8 heteroatoms. The molecule has 3 heterocycles. The van der Waals surface area contributed by atoms with Crippen LogP contribution in [-0.2, 0) is 0 Å². The summed E-state index contributed by atoms with van der Waals surface area (Å²) in [6.07, 6.45) is 0. The molecule has 0 radical (unpaired) electrons. The predicted molar refractivity (Wildman–Crippen MR) is 123 cm³/mol. The fourth-order valence-corrected chi connectivity index (χ4v) is 5.19. The topological polar surface area (TPSA) is 72.6 Å². The molecule has 1 aliphatic rings. The Morgan fingerprint density at radius 3 is 2.65 bits per heavy atom. The van der Waals surface area contributed by atoms with Gasteiger partial charge in [0.15, 0.2) is 10.6 Å². The van der Waals surface area contributed by atoms with Gasteiger partial charge in [0.05, 0.1) is 23.8 Å². The molecule has 0 saturated heterocycles. The molecule has 0 saturated carbocycles. The molecule has 0 bridgehead atoms. The molecule has 0 fully saturated rings. The zero-order valence-electron chi connectivity index (χ0n) is 16.9. The molecular weight excluding hydrogens is 480 g/mol. The molecule has 2 aromatic carbocycles. The van der Waals surface area contributed by atoms with Crippen LogP contribution in [0.4, 0.5) is 5.13 Å². The van der Waals surface area contributed by atoms with Crippen LogP contribution in [0.25, 0.3) is 11.0 Å². The zero-order valence-corrected chi connectivity index (χ0v) is 19.3. The lowest BCUT2D eigenvalue weighted by atomic mass is 9.98. The normalized spacial score (nSPS) is 15.5. The monoisotopic (exact) mass is 496 g/mol. The summed E-state index contributed by atoms with van der Waals surface area (Å²) in [6.45, 7) is 3.86. The van der Waals surface area contributed by atoms with Gasteiger partial charge in [-0.05, 0) is 38.1 Å². The highest BCUT2D eigenvalue weighted by Crippen LogP contribution is 2.45. The fourth-order valence-electron chi connectivity index (χ4n) is 3.89. The number of thiazole rings is 1. The zero-order chi connectivity index (χ0) is 21.9. The Hall–Kier alpha value is -2.97. The summed E-state index contributed by atoms with van der Waals surface area (Å²) in [4.78, 5) is 34.4. The molecule has 6 nitrogen and oxygen atoms in total. The fraction of sp³-hybridized carbons (Fsp3) is 0.174. The second kappa shape index (κ2) is 7.32. The van der Waals surface area contributed by atoms with Crippen molar-refractivity contribution in [3.8, 4) is 5.75 Å². The summed E-state index contributed by atoms with van der Waals surface area (Å²) in [7, 11) is 1.57. The minimum atomic E-state index is -0.705. The number of ether oxygens (including phenoxy) is 1. The van der Waals surface area contributed by atoms with Gasteiger partial charge in [-0.25, -0.2) is 4.98 Å². The van der Waals surface area contributed by atoms with Crippen LogP contribution < -0.4 is 15.1 Å². The molecule has 2 aromatic heterocycles. The molecule has 0 N–H and O–H groups in total. The number of rotatable bonds is 3. The van der Waals surface area contributed by atoms with Gasteiger partial charge in [0.1, 0.15) is 17.4 Å². The van der Waals surface area contributed by atoms with Crippen molar-refractivity contribution in [2.24, 2.45) is 0 Å². The standard InChI is InChI=1S/C23H17BrN2O4S/c1-11-12(2)31-23(25-11)26-19(14-6-4-5-7-16(14)29-3)18-20(27)15-10-13(24)8-9-17(15)30-21(18)22(26)28/h4-10,19H,1-3H3. The third kappa shape index (κ3) is 3.01. The number of para-hydroxylation sites is 1. The number of amides is 1. The smallest absolute Gasteiger partial charge is 0.297 e. The number of halogens is 1. The molecule has 1 amide bonds. The van der Waals surface area contributed by atoms with E-state index in [1.54, 1.807) is 30.2 Å². The molecule has 156 valence electrons. The Morgan fingerprint density at radius 2 is 1.94 bits per heavy atom. The van der Waals surface area contributed by atoms with Crippen LogP contribution in [0.15, 0.2) is 56.1 Å². The van der Waals surface area contributed by atoms with Gasteiger partial charge in [0.25, 0.3) is 5.91 Å². The lowest BCUT2D eigenvalue weighted by Gasteiger charge is -2.24. The molecular formula is C23H17BrN2O4S. The van der Waals surface area contributed by atoms with Crippen LogP contribution >= 0.6 is 27.3 Å². The number of benzene rings is 2. The number of methoxy groups -OCH3 is 1. The molecule has 4 aromatic rings. The van der Waals surface area contributed by atoms with E-state index in [2.05, 4.69) is 20.9 Å². The van der Waals surface area contributed by atoms with Crippen molar-refractivity contribution in [3.63, 3.8) is 0 Å². The van der Waals surface area contributed by atoms with Gasteiger partial charge in [0, 0.05) is 14.9 Å². The first kappa shape index (κ1) is 20.0. The van der Waals surface area contributed by atoms with E-state index in [-0.39, 0.29) is 17.1 Å². The first-order valence-electron chi connectivity index (χ1n) is 9.57. The number of fused-ring (bicyclic) bond motifs is 2. The highest BCUT2D eigenvalue weighted by molar-refractivity contribution is 9.10. The molecule has 1 atom stereocenters. The van der Waals surface area contributed by atoms with E-state index in [0.29, 0.717) is 33.0 Å². The van der Waals surface area contributed by atoms with Crippen molar-refractivity contribution in [1.82, 2.24) is 4.98 Å². The molecule has 5 rings (SSSR count). The Kier molecular flexibility index (Phi) is 4.71.